The Morgan fingerprint density at radius 1 is 1.30 bits per heavy atom. The van der Waals surface area contributed by atoms with Crippen molar-refractivity contribution in [3.63, 3.8) is 0 Å². The molecule has 0 fully saturated rings. The molecule has 0 saturated carbocycles. The van der Waals surface area contributed by atoms with Crippen LogP contribution in [-0.2, 0) is 23.4 Å². The number of amides is 1. The number of anilines is 1. The van der Waals surface area contributed by atoms with Gasteiger partial charge in [0.25, 0.3) is 5.91 Å². The van der Waals surface area contributed by atoms with Gasteiger partial charge in [-0.15, -0.1) is 0 Å². The highest BCUT2D eigenvalue weighted by Crippen LogP contribution is 2.30. The minimum Gasteiger partial charge on any atom is -0.345 e. The van der Waals surface area contributed by atoms with E-state index in [0.717, 1.165) is 18.9 Å². The largest absolute Gasteiger partial charge is 0.345 e. The summed E-state index contributed by atoms with van der Waals surface area (Å²) in [6.45, 7) is 4.29. The third-order valence-corrected chi connectivity index (χ3v) is 8.60. The normalized spacial score (nSPS) is 19.4. The molecule has 2 aromatic carbocycles. The lowest BCUT2D eigenvalue weighted by Crippen LogP contribution is -2.37. The maximum Gasteiger partial charge on any atom is 0.272 e. The highest BCUT2D eigenvalue weighted by molar-refractivity contribution is 7.91. The zero-order valence-electron chi connectivity index (χ0n) is 21.1. The van der Waals surface area contributed by atoms with Crippen LogP contribution < -0.4 is 10.0 Å². The van der Waals surface area contributed by atoms with Crippen molar-refractivity contribution >= 4 is 27.6 Å². The molecule has 192 valence electrons. The molecule has 0 bridgehead atoms. The predicted molar refractivity (Wildman–Crippen MR) is 144 cm³/mol. The van der Waals surface area contributed by atoms with Gasteiger partial charge in [0.15, 0.2) is 0 Å². The Balaban J connectivity index is 1.66. The summed E-state index contributed by atoms with van der Waals surface area (Å²) in [5.41, 5.74) is 2.20. The summed E-state index contributed by atoms with van der Waals surface area (Å²) < 4.78 is 37.2. The summed E-state index contributed by atoms with van der Waals surface area (Å²) in [5, 5.41) is 11.8. The molecule has 3 atom stereocenters. The van der Waals surface area contributed by atoms with E-state index in [0.29, 0.717) is 28.4 Å². The molecule has 7 nitrogen and oxygen atoms in total. The number of fused-ring (bicyclic) bond motifs is 1. The Morgan fingerprint density at radius 3 is 2.76 bits per heavy atom. The quantitative estimate of drug-likeness (QED) is 0.443. The van der Waals surface area contributed by atoms with Crippen LogP contribution >= 0.6 is 0 Å². The Hall–Kier alpha value is -3.74. The Bertz CT molecular complexity index is 1500. The number of carbonyl (C=O) groups excluding carboxylic acids is 1. The standard InChI is InChI=1S/C28H30FN5O2S/c1-4-31-37(36)26-18-34(3)27(28(35)32-22-12-14-24(29)21(16-22)17-30)23(26)13-15-25(33-37)19(2)10-11-20-8-6-5-7-9-20/h5-9,12-16,18-19,25H,4,10-11H2,1-3H3,(H,32,35)(H,31,33,36). The third kappa shape index (κ3) is 5.66. The van der Waals surface area contributed by atoms with Gasteiger partial charge in [-0.1, -0.05) is 49.4 Å². The maximum absolute atomic E-state index is 14.2. The van der Waals surface area contributed by atoms with Gasteiger partial charge in [0.05, 0.1) is 10.5 Å². The van der Waals surface area contributed by atoms with E-state index in [1.807, 2.05) is 37.3 Å². The molecule has 2 N–H and O–H groups in total. The lowest BCUT2D eigenvalue weighted by Gasteiger charge is -2.23. The fraction of sp³-hybridized carbons (Fsp3) is 0.286. The molecule has 1 amide bonds. The molecule has 1 aliphatic heterocycles. The number of aryl methyl sites for hydroxylation is 2. The number of halogens is 1. The Morgan fingerprint density at radius 2 is 2.05 bits per heavy atom. The van der Waals surface area contributed by atoms with Crippen molar-refractivity contribution < 1.29 is 13.4 Å². The van der Waals surface area contributed by atoms with Crippen molar-refractivity contribution in [2.45, 2.75) is 37.6 Å². The number of benzene rings is 2. The lowest BCUT2D eigenvalue weighted by atomic mass is 9.94. The number of hydrogen-bond donors (Lipinski definition) is 2. The van der Waals surface area contributed by atoms with Crippen LogP contribution in [0.4, 0.5) is 10.1 Å². The molecule has 0 saturated heterocycles. The molecular weight excluding hydrogens is 489 g/mol. The second-order valence-corrected chi connectivity index (χ2v) is 11.1. The van der Waals surface area contributed by atoms with Crippen LogP contribution in [0.25, 0.3) is 6.08 Å². The SMILES string of the molecule is CCN=S1(=O)NC(C(C)CCc2ccccc2)C=Cc2c1cn(C)c2C(=O)Nc1ccc(F)c(C#N)c1. The van der Waals surface area contributed by atoms with Gasteiger partial charge in [-0.3, -0.25) is 4.79 Å². The number of hydrogen-bond acceptors (Lipinski definition) is 4. The maximum atomic E-state index is 14.2. The molecule has 3 aromatic rings. The van der Waals surface area contributed by atoms with E-state index >= 15 is 0 Å². The van der Waals surface area contributed by atoms with Gasteiger partial charge in [0.1, 0.15) is 27.5 Å². The van der Waals surface area contributed by atoms with Crippen molar-refractivity contribution in [1.82, 2.24) is 9.29 Å². The van der Waals surface area contributed by atoms with E-state index in [1.54, 1.807) is 23.9 Å². The van der Waals surface area contributed by atoms with Gasteiger partial charge in [-0.2, -0.15) is 5.26 Å². The van der Waals surface area contributed by atoms with Gasteiger partial charge < -0.3 is 9.88 Å². The molecule has 2 heterocycles. The molecule has 1 aromatic heterocycles. The van der Waals surface area contributed by atoms with Gasteiger partial charge >= 0.3 is 0 Å². The highest BCUT2D eigenvalue weighted by Gasteiger charge is 2.31. The minimum absolute atomic E-state index is 0.156. The third-order valence-electron chi connectivity index (χ3n) is 6.46. The van der Waals surface area contributed by atoms with Crippen LogP contribution in [0.2, 0.25) is 0 Å². The number of nitriles is 1. The van der Waals surface area contributed by atoms with Gasteiger partial charge in [0, 0.05) is 37.1 Å². The van der Waals surface area contributed by atoms with Gasteiger partial charge in [-0.25, -0.2) is 17.7 Å². The molecule has 4 rings (SSSR count). The molecule has 37 heavy (non-hydrogen) atoms. The second-order valence-electron chi connectivity index (χ2n) is 9.10. The number of nitrogens with one attached hydrogen (secondary N) is 2. The smallest absolute Gasteiger partial charge is 0.272 e. The van der Waals surface area contributed by atoms with Crippen LogP contribution in [0, 0.1) is 23.1 Å². The summed E-state index contributed by atoms with van der Waals surface area (Å²) in [7, 11) is -1.32. The monoisotopic (exact) mass is 519 g/mol. The van der Waals surface area contributed by atoms with E-state index in [-0.39, 0.29) is 17.5 Å². The lowest BCUT2D eigenvalue weighted by molar-refractivity contribution is 0.101. The minimum atomic E-state index is -3.02. The topological polar surface area (TPSA) is 99.3 Å². The summed E-state index contributed by atoms with van der Waals surface area (Å²) >= 11 is 0. The number of rotatable bonds is 7. The summed E-state index contributed by atoms with van der Waals surface area (Å²) in [6.07, 6.45) is 7.24. The van der Waals surface area contributed by atoms with Crippen molar-refractivity contribution in [3.05, 3.63) is 89.0 Å². The van der Waals surface area contributed by atoms with Crippen molar-refractivity contribution in [3.8, 4) is 6.07 Å². The van der Waals surface area contributed by atoms with Crippen LogP contribution in [0.15, 0.2) is 70.1 Å². The zero-order valence-corrected chi connectivity index (χ0v) is 21.9. The van der Waals surface area contributed by atoms with Crippen LogP contribution in [0.3, 0.4) is 0 Å². The van der Waals surface area contributed by atoms with E-state index in [1.165, 1.54) is 17.7 Å². The Labute approximate surface area is 217 Å². The molecule has 1 aliphatic rings. The first kappa shape index (κ1) is 26.3. The molecule has 3 unspecified atom stereocenters. The summed E-state index contributed by atoms with van der Waals surface area (Å²) in [5.74, 6) is -0.962. The average Bonchev–Trinajstić information content (AvgIpc) is 3.16. The van der Waals surface area contributed by atoms with Gasteiger partial charge in [0.2, 0.25) is 0 Å². The van der Waals surface area contributed by atoms with E-state index in [9.17, 15) is 13.4 Å². The first-order valence-electron chi connectivity index (χ1n) is 12.2. The number of carbonyl (C=O) groups is 1. The molecule has 0 aliphatic carbocycles. The number of nitrogens with zero attached hydrogens (tertiary/aromatic N) is 3. The molecule has 0 radical (unpaired) electrons. The van der Waals surface area contributed by atoms with E-state index in [4.69, 9.17) is 5.26 Å². The molecular formula is C28H30FN5O2S. The zero-order chi connectivity index (χ0) is 26.6. The van der Waals surface area contributed by atoms with Crippen LogP contribution in [-0.4, -0.2) is 27.3 Å². The van der Waals surface area contributed by atoms with Crippen LogP contribution in [0.1, 0.15) is 47.4 Å². The van der Waals surface area contributed by atoms with Crippen molar-refractivity contribution in [2.75, 3.05) is 11.9 Å². The van der Waals surface area contributed by atoms with Crippen molar-refractivity contribution in [2.24, 2.45) is 17.3 Å². The fourth-order valence-corrected chi connectivity index (χ4v) is 6.61. The second kappa shape index (κ2) is 11.1. The summed E-state index contributed by atoms with van der Waals surface area (Å²) in [4.78, 5) is 13.8. The summed E-state index contributed by atoms with van der Waals surface area (Å²) in [6, 6.07) is 15.6. The Kier molecular flexibility index (Phi) is 7.91. The highest BCUT2D eigenvalue weighted by atomic mass is 32.2. The van der Waals surface area contributed by atoms with Crippen molar-refractivity contribution in [1.29, 1.82) is 5.26 Å². The average molecular weight is 520 g/mol. The van der Waals surface area contributed by atoms with E-state index < -0.39 is 21.6 Å². The first-order chi connectivity index (χ1) is 17.8. The van der Waals surface area contributed by atoms with Crippen LogP contribution in [0.5, 0.6) is 0 Å². The molecule has 0 spiro atoms. The first-order valence-corrected chi connectivity index (χ1v) is 13.7. The predicted octanol–water partition coefficient (Wildman–Crippen LogP) is 5.30. The molecule has 9 heteroatoms. The van der Waals surface area contributed by atoms with E-state index in [2.05, 4.69) is 33.5 Å². The number of aromatic nitrogens is 1. The van der Waals surface area contributed by atoms with Gasteiger partial charge in [-0.05, 0) is 49.4 Å². The fourth-order valence-electron chi connectivity index (χ4n) is 4.46.